The molecule has 1 aromatic carbocycles. The lowest BCUT2D eigenvalue weighted by molar-refractivity contribution is 0.101. The molecule has 21 heavy (non-hydrogen) atoms. The number of ketones is 1. The van der Waals surface area contributed by atoms with Crippen LogP contribution in [0, 0.1) is 6.92 Å². The Morgan fingerprint density at radius 1 is 1.14 bits per heavy atom. The molecule has 0 aliphatic carbocycles. The minimum atomic E-state index is -3.61. The summed E-state index contributed by atoms with van der Waals surface area (Å²) in [5.41, 5.74) is 0.485. The average molecular weight is 307 g/mol. The number of sulfonamides is 1. The van der Waals surface area contributed by atoms with Gasteiger partial charge in [0, 0.05) is 12.6 Å². The highest BCUT2D eigenvalue weighted by Gasteiger charge is 2.22. The molecule has 0 unspecified atom stereocenters. The van der Waals surface area contributed by atoms with Crippen molar-refractivity contribution >= 4 is 15.8 Å². The maximum atomic E-state index is 12.4. The predicted molar refractivity (Wildman–Crippen MR) is 78.5 cm³/mol. The molecule has 1 aromatic heterocycles. The summed E-state index contributed by atoms with van der Waals surface area (Å²) in [6.07, 6.45) is 0. The Kier molecular flexibility index (Phi) is 4.29. The first kappa shape index (κ1) is 15.5. The van der Waals surface area contributed by atoms with Crippen LogP contribution in [0.3, 0.4) is 0 Å². The highest BCUT2D eigenvalue weighted by Crippen LogP contribution is 2.18. The number of benzene rings is 1. The monoisotopic (exact) mass is 307 g/mol. The maximum absolute atomic E-state index is 12.4. The third kappa shape index (κ3) is 3.40. The lowest BCUT2D eigenvalue weighted by atomic mass is 10.2. The van der Waals surface area contributed by atoms with Crippen molar-refractivity contribution in [3.8, 4) is 0 Å². The molecule has 2 aromatic rings. The van der Waals surface area contributed by atoms with Gasteiger partial charge >= 0.3 is 0 Å². The minimum Gasteiger partial charge on any atom is -0.465 e. The topological polar surface area (TPSA) is 67.6 Å². The first-order chi connectivity index (χ1) is 9.80. The molecule has 0 atom stereocenters. The number of nitrogens with zero attached hydrogens (tertiary/aromatic N) is 1. The van der Waals surface area contributed by atoms with Gasteiger partial charge in [0.05, 0.1) is 11.4 Å². The molecule has 2 rings (SSSR count). The normalized spacial score (nSPS) is 11.8. The molecule has 0 spiro atoms. The second-order valence-electron chi connectivity index (χ2n) is 4.85. The third-order valence-electron chi connectivity index (χ3n) is 3.14. The molecule has 0 bridgehead atoms. The molecule has 0 aliphatic heterocycles. The lowest BCUT2D eigenvalue weighted by Gasteiger charge is -2.16. The second kappa shape index (κ2) is 5.83. The van der Waals surface area contributed by atoms with Crippen molar-refractivity contribution in [1.82, 2.24) is 4.31 Å². The Labute approximate surface area is 124 Å². The van der Waals surface area contributed by atoms with Crippen LogP contribution in [0.5, 0.6) is 0 Å². The van der Waals surface area contributed by atoms with Crippen LogP contribution in [0.15, 0.2) is 45.7 Å². The zero-order chi connectivity index (χ0) is 15.6. The van der Waals surface area contributed by atoms with Crippen LogP contribution in [-0.2, 0) is 16.6 Å². The van der Waals surface area contributed by atoms with E-state index in [2.05, 4.69) is 0 Å². The number of Topliss-reactive ketones (excluding diaryl/α,β-unsaturated/α-hetero) is 1. The fourth-order valence-electron chi connectivity index (χ4n) is 1.92. The van der Waals surface area contributed by atoms with E-state index in [1.807, 2.05) is 0 Å². The molecule has 112 valence electrons. The van der Waals surface area contributed by atoms with E-state index < -0.39 is 10.0 Å². The summed E-state index contributed by atoms with van der Waals surface area (Å²) < 4.78 is 31.4. The highest BCUT2D eigenvalue weighted by molar-refractivity contribution is 7.89. The van der Waals surface area contributed by atoms with Gasteiger partial charge < -0.3 is 4.42 Å². The number of carbonyl (C=O) groups is 1. The summed E-state index contributed by atoms with van der Waals surface area (Å²) in [7, 11) is -2.12. The third-order valence-corrected chi connectivity index (χ3v) is 4.96. The molecule has 0 fully saturated rings. The van der Waals surface area contributed by atoms with Gasteiger partial charge in [-0.1, -0.05) is 12.1 Å². The molecule has 0 aliphatic rings. The molecule has 0 amide bonds. The SMILES string of the molecule is CC(=O)c1ccc(S(=O)(=O)N(C)Cc2ccc(C)o2)cc1. The zero-order valence-corrected chi connectivity index (χ0v) is 13.0. The molecule has 5 nitrogen and oxygen atoms in total. The van der Waals surface area contributed by atoms with Crippen LogP contribution in [0.1, 0.15) is 28.8 Å². The number of furan rings is 1. The van der Waals surface area contributed by atoms with Crippen LogP contribution < -0.4 is 0 Å². The van der Waals surface area contributed by atoms with Gasteiger partial charge in [0.15, 0.2) is 5.78 Å². The van der Waals surface area contributed by atoms with Crippen LogP contribution in [0.4, 0.5) is 0 Å². The number of carbonyl (C=O) groups excluding carboxylic acids is 1. The smallest absolute Gasteiger partial charge is 0.243 e. The van der Waals surface area contributed by atoms with Gasteiger partial charge in [0.2, 0.25) is 10.0 Å². The van der Waals surface area contributed by atoms with Gasteiger partial charge in [-0.2, -0.15) is 4.31 Å². The predicted octanol–water partition coefficient (Wildman–Crippen LogP) is 2.61. The summed E-state index contributed by atoms with van der Waals surface area (Å²) in [4.78, 5) is 11.4. The van der Waals surface area contributed by atoms with Gasteiger partial charge in [0.25, 0.3) is 0 Å². The summed E-state index contributed by atoms with van der Waals surface area (Å²) in [6, 6.07) is 9.45. The minimum absolute atomic E-state index is 0.0987. The second-order valence-corrected chi connectivity index (χ2v) is 6.90. The largest absolute Gasteiger partial charge is 0.465 e. The van der Waals surface area contributed by atoms with Crippen molar-refractivity contribution in [2.45, 2.75) is 25.3 Å². The first-order valence-electron chi connectivity index (χ1n) is 6.43. The van der Waals surface area contributed by atoms with E-state index in [1.54, 1.807) is 19.1 Å². The van der Waals surface area contributed by atoms with Crippen molar-refractivity contribution in [3.05, 3.63) is 53.5 Å². The summed E-state index contributed by atoms with van der Waals surface area (Å²) >= 11 is 0. The van der Waals surface area contributed by atoms with Crippen molar-refractivity contribution in [2.75, 3.05) is 7.05 Å². The lowest BCUT2D eigenvalue weighted by Crippen LogP contribution is -2.26. The number of rotatable bonds is 5. The summed E-state index contributed by atoms with van der Waals surface area (Å²) in [5, 5.41) is 0. The van der Waals surface area contributed by atoms with Crippen LogP contribution in [-0.4, -0.2) is 25.6 Å². The van der Waals surface area contributed by atoms with Gasteiger partial charge in [-0.15, -0.1) is 0 Å². The first-order valence-corrected chi connectivity index (χ1v) is 7.87. The number of hydrogen-bond acceptors (Lipinski definition) is 4. The molecule has 6 heteroatoms. The Balaban J connectivity index is 2.22. The van der Waals surface area contributed by atoms with Crippen LogP contribution in [0.2, 0.25) is 0 Å². The van der Waals surface area contributed by atoms with E-state index in [0.717, 1.165) is 5.76 Å². The molecule has 1 heterocycles. The Morgan fingerprint density at radius 2 is 1.76 bits per heavy atom. The van der Waals surface area contributed by atoms with E-state index in [0.29, 0.717) is 11.3 Å². The Bertz CT molecular complexity index is 744. The van der Waals surface area contributed by atoms with Gasteiger partial charge in [0.1, 0.15) is 11.5 Å². The van der Waals surface area contributed by atoms with Crippen molar-refractivity contribution in [1.29, 1.82) is 0 Å². The molecule has 0 saturated carbocycles. The molecular weight excluding hydrogens is 290 g/mol. The Morgan fingerprint density at radius 3 is 2.24 bits per heavy atom. The van der Waals surface area contributed by atoms with E-state index in [1.165, 1.54) is 42.5 Å². The maximum Gasteiger partial charge on any atom is 0.243 e. The van der Waals surface area contributed by atoms with Gasteiger partial charge in [-0.05, 0) is 38.1 Å². The van der Waals surface area contributed by atoms with E-state index in [4.69, 9.17) is 4.42 Å². The fourth-order valence-corrected chi connectivity index (χ4v) is 3.05. The molecule has 0 N–H and O–H groups in total. The average Bonchev–Trinajstić information content (AvgIpc) is 2.84. The molecular formula is C15H17NO4S. The van der Waals surface area contributed by atoms with Crippen molar-refractivity contribution < 1.29 is 17.6 Å². The van der Waals surface area contributed by atoms with Crippen molar-refractivity contribution in [3.63, 3.8) is 0 Å². The van der Waals surface area contributed by atoms with Crippen molar-refractivity contribution in [2.24, 2.45) is 0 Å². The van der Waals surface area contributed by atoms with E-state index >= 15 is 0 Å². The van der Waals surface area contributed by atoms with Gasteiger partial charge in [-0.25, -0.2) is 8.42 Å². The zero-order valence-electron chi connectivity index (χ0n) is 12.2. The van der Waals surface area contributed by atoms with E-state index in [-0.39, 0.29) is 17.2 Å². The highest BCUT2D eigenvalue weighted by atomic mass is 32.2. The quantitative estimate of drug-likeness (QED) is 0.796. The van der Waals surface area contributed by atoms with Gasteiger partial charge in [-0.3, -0.25) is 4.79 Å². The summed E-state index contributed by atoms with van der Waals surface area (Å²) in [6.45, 7) is 3.40. The Hall–Kier alpha value is -1.92. The van der Waals surface area contributed by atoms with Crippen LogP contribution in [0.25, 0.3) is 0 Å². The number of hydrogen-bond donors (Lipinski definition) is 0. The molecule has 0 saturated heterocycles. The summed E-state index contributed by atoms with van der Waals surface area (Å²) in [5.74, 6) is 1.22. The standard InChI is InChI=1S/C15H17NO4S/c1-11-4-7-14(20-11)10-16(3)21(18,19)15-8-5-13(6-9-15)12(2)17/h4-9H,10H2,1-3H3. The fraction of sp³-hybridized carbons (Fsp3) is 0.267. The molecule has 0 radical (unpaired) electrons. The van der Waals surface area contributed by atoms with E-state index in [9.17, 15) is 13.2 Å². The van der Waals surface area contributed by atoms with Crippen LogP contribution >= 0.6 is 0 Å². The number of aryl methyl sites for hydroxylation is 1.